The Morgan fingerprint density at radius 3 is 2.38 bits per heavy atom. The fourth-order valence-corrected chi connectivity index (χ4v) is 2.00. The highest BCUT2D eigenvalue weighted by molar-refractivity contribution is 6.00. The average molecular weight is 293 g/mol. The van der Waals surface area contributed by atoms with Gasteiger partial charge in [-0.05, 0) is 32.0 Å². The lowest BCUT2D eigenvalue weighted by Crippen LogP contribution is -2.41. The minimum atomic E-state index is -0.299. The molecule has 0 bridgehead atoms. The van der Waals surface area contributed by atoms with Crippen LogP contribution in [0.1, 0.15) is 24.2 Å². The van der Waals surface area contributed by atoms with Gasteiger partial charge in [-0.25, -0.2) is 0 Å². The van der Waals surface area contributed by atoms with Gasteiger partial charge in [0.15, 0.2) is 0 Å². The van der Waals surface area contributed by atoms with Crippen molar-refractivity contribution in [3.8, 4) is 5.75 Å². The molecule has 0 aliphatic carbocycles. The Morgan fingerprint density at radius 2 is 1.86 bits per heavy atom. The van der Waals surface area contributed by atoms with Crippen molar-refractivity contribution in [2.45, 2.75) is 13.8 Å². The molecule has 2 N–H and O–H groups in total. The van der Waals surface area contributed by atoms with Gasteiger partial charge in [0, 0.05) is 25.8 Å². The molecule has 0 heterocycles. The average Bonchev–Trinajstić information content (AvgIpc) is 2.48. The summed E-state index contributed by atoms with van der Waals surface area (Å²) in [5, 5.41) is 0. The van der Waals surface area contributed by atoms with Crippen molar-refractivity contribution >= 4 is 17.5 Å². The Labute approximate surface area is 125 Å². The summed E-state index contributed by atoms with van der Waals surface area (Å²) in [4.78, 5) is 27.5. The smallest absolute Gasteiger partial charge is 0.256 e. The van der Waals surface area contributed by atoms with Gasteiger partial charge in [0.2, 0.25) is 5.91 Å². The van der Waals surface area contributed by atoms with E-state index in [1.807, 2.05) is 13.8 Å². The van der Waals surface area contributed by atoms with Crippen LogP contribution in [0.15, 0.2) is 18.2 Å². The normalized spacial score (nSPS) is 10.1. The Bertz CT molecular complexity index is 513. The number of hydrogen-bond donors (Lipinski definition) is 1. The molecule has 6 nitrogen and oxygen atoms in total. The maximum Gasteiger partial charge on any atom is 0.256 e. The molecule has 0 unspecified atom stereocenters. The van der Waals surface area contributed by atoms with Gasteiger partial charge in [-0.2, -0.15) is 0 Å². The molecular weight excluding hydrogens is 270 g/mol. The summed E-state index contributed by atoms with van der Waals surface area (Å²) in [6.07, 6.45) is 0. The van der Waals surface area contributed by atoms with Crippen molar-refractivity contribution in [3.05, 3.63) is 23.8 Å². The quantitative estimate of drug-likeness (QED) is 0.800. The van der Waals surface area contributed by atoms with Gasteiger partial charge < -0.3 is 20.3 Å². The van der Waals surface area contributed by atoms with Gasteiger partial charge in [0.1, 0.15) is 5.75 Å². The lowest BCUT2D eigenvalue weighted by molar-refractivity contribution is -0.131. The first-order chi connectivity index (χ1) is 9.94. The van der Waals surface area contributed by atoms with E-state index in [-0.39, 0.29) is 18.4 Å². The van der Waals surface area contributed by atoms with Gasteiger partial charge in [0.05, 0.1) is 19.2 Å². The monoisotopic (exact) mass is 293 g/mol. The predicted octanol–water partition coefficient (Wildman–Crippen LogP) is 1.22. The molecule has 0 saturated heterocycles. The first-order valence-corrected chi connectivity index (χ1v) is 6.91. The number of anilines is 1. The first kappa shape index (κ1) is 16.8. The van der Waals surface area contributed by atoms with Crippen LogP contribution in [0, 0.1) is 0 Å². The number of nitrogen functional groups attached to an aromatic ring is 1. The van der Waals surface area contributed by atoms with E-state index < -0.39 is 0 Å². The zero-order chi connectivity index (χ0) is 16.0. The molecule has 0 aromatic heterocycles. The zero-order valence-electron chi connectivity index (χ0n) is 13.0. The topological polar surface area (TPSA) is 75.9 Å². The molecule has 0 radical (unpaired) electrons. The molecule has 2 amide bonds. The summed E-state index contributed by atoms with van der Waals surface area (Å²) in [6.45, 7) is 5.08. The molecule has 0 aliphatic rings. The van der Waals surface area contributed by atoms with Crippen molar-refractivity contribution in [2.75, 3.05) is 39.5 Å². The summed E-state index contributed by atoms with van der Waals surface area (Å²) in [7, 11) is 3.11. The van der Waals surface area contributed by atoms with Crippen LogP contribution in [-0.2, 0) is 4.79 Å². The van der Waals surface area contributed by atoms with Crippen molar-refractivity contribution in [3.63, 3.8) is 0 Å². The van der Waals surface area contributed by atoms with E-state index in [1.54, 1.807) is 30.1 Å². The van der Waals surface area contributed by atoms with E-state index in [2.05, 4.69) is 0 Å². The first-order valence-electron chi connectivity index (χ1n) is 6.91. The summed E-state index contributed by atoms with van der Waals surface area (Å²) in [5.41, 5.74) is 6.53. The van der Waals surface area contributed by atoms with E-state index in [4.69, 9.17) is 10.5 Å². The van der Waals surface area contributed by atoms with Crippen LogP contribution in [-0.4, -0.2) is 55.4 Å². The molecule has 0 spiro atoms. The fraction of sp³-hybridized carbons (Fsp3) is 0.467. The minimum Gasteiger partial charge on any atom is -0.497 e. The summed E-state index contributed by atoms with van der Waals surface area (Å²) in [6, 6.07) is 4.88. The highest BCUT2D eigenvalue weighted by Gasteiger charge is 2.20. The SMILES string of the molecule is CCN(CC)C(=O)CN(C)C(=O)c1cc(OC)ccc1N. The number of amides is 2. The maximum absolute atomic E-state index is 12.4. The van der Waals surface area contributed by atoms with E-state index in [9.17, 15) is 9.59 Å². The molecular formula is C15H23N3O3. The van der Waals surface area contributed by atoms with E-state index in [0.717, 1.165) is 0 Å². The molecule has 6 heteroatoms. The number of nitrogens with zero attached hydrogens (tertiary/aromatic N) is 2. The van der Waals surface area contributed by atoms with Crippen LogP contribution in [0.4, 0.5) is 5.69 Å². The minimum absolute atomic E-state index is 0.0250. The van der Waals surface area contributed by atoms with Crippen molar-refractivity contribution in [1.29, 1.82) is 0 Å². The molecule has 1 aromatic rings. The third-order valence-electron chi connectivity index (χ3n) is 3.33. The maximum atomic E-state index is 12.4. The molecule has 1 aromatic carbocycles. The zero-order valence-corrected chi connectivity index (χ0v) is 13.0. The van der Waals surface area contributed by atoms with Crippen LogP contribution in [0.2, 0.25) is 0 Å². The van der Waals surface area contributed by atoms with Crippen molar-refractivity contribution in [2.24, 2.45) is 0 Å². The second-order valence-electron chi connectivity index (χ2n) is 4.68. The second-order valence-corrected chi connectivity index (χ2v) is 4.68. The third-order valence-corrected chi connectivity index (χ3v) is 3.33. The molecule has 0 aliphatic heterocycles. The highest BCUT2D eigenvalue weighted by atomic mass is 16.5. The van der Waals surface area contributed by atoms with Crippen molar-refractivity contribution < 1.29 is 14.3 Å². The van der Waals surface area contributed by atoms with Gasteiger partial charge >= 0.3 is 0 Å². The third kappa shape index (κ3) is 4.11. The van der Waals surface area contributed by atoms with Crippen LogP contribution in [0.25, 0.3) is 0 Å². The van der Waals surface area contributed by atoms with Gasteiger partial charge in [-0.3, -0.25) is 9.59 Å². The Hall–Kier alpha value is -2.24. The second kappa shape index (κ2) is 7.52. The van der Waals surface area contributed by atoms with Crippen LogP contribution >= 0.6 is 0 Å². The number of nitrogens with two attached hydrogens (primary N) is 1. The van der Waals surface area contributed by atoms with Crippen molar-refractivity contribution in [1.82, 2.24) is 9.80 Å². The summed E-state index contributed by atoms with van der Waals surface area (Å²) in [5.74, 6) is 0.167. The van der Waals surface area contributed by atoms with Crippen LogP contribution < -0.4 is 10.5 Å². The van der Waals surface area contributed by atoms with E-state index >= 15 is 0 Å². The Morgan fingerprint density at radius 1 is 1.24 bits per heavy atom. The number of likely N-dealkylation sites (N-methyl/N-ethyl adjacent to an activating group) is 2. The molecule has 0 saturated carbocycles. The Balaban J connectivity index is 2.85. The van der Waals surface area contributed by atoms with Crippen LogP contribution in [0.5, 0.6) is 5.75 Å². The number of rotatable bonds is 6. The number of methoxy groups -OCH3 is 1. The fourth-order valence-electron chi connectivity index (χ4n) is 2.00. The van der Waals surface area contributed by atoms with Crippen LogP contribution in [0.3, 0.4) is 0 Å². The number of carbonyl (C=O) groups is 2. The molecule has 0 atom stereocenters. The predicted molar refractivity (Wildman–Crippen MR) is 82.3 cm³/mol. The van der Waals surface area contributed by atoms with E-state index in [0.29, 0.717) is 30.1 Å². The largest absolute Gasteiger partial charge is 0.497 e. The van der Waals surface area contributed by atoms with Gasteiger partial charge in [-0.1, -0.05) is 0 Å². The van der Waals surface area contributed by atoms with E-state index in [1.165, 1.54) is 12.0 Å². The summed E-state index contributed by atoms with van der Waals surface area (Å²) < 4.78 is 5.09. The molecule has 0 fully saturated rings. The molecule has 21 heavy (non-hydrogen) atoms. The lowest BCUT2D eigenvalue weighted by atomic mass is 10.1. The summed E-state index contributed by atoms with van der Waals surface area (Å²) >= 11 is 0. The number of benzene rings is 1. The molecule has 1 rings (SSSR count). The highest BCUT2D eigenvalue weighted by Crippen LogP contribution is 2.20. The number of carbonyl (C=O) groups excluding carboxylic acids is 2. The van der Waals surface area contributed by atoms with Gasteiger partial charge in [-0.15, -0.1) is 0 Å². The number of ether oxygens (including phenoxy) is 1. The van der Waals surface area contributed by atoms with Gasteiger partial charge in [0.25, 0.3) is 5.91 Å². The Kier molecular flexibility index (Phi) is 6.02. The standard InChI is InChI=1S/C15H23N3O3/c1-5-18(6-2)14(19)10-17(3)15(20)12-9-11(21-4)7-8-13(12)16/h7-9H,5-6,10,16H2,1-4H3. The lowest BCUT2D eigenvalue weighted by Gasteiger charge is -2.23. The molecule has 116 valence electrons. The number of hydrogen-bond acceptors (Lipinski definition) is 4.